The molecule has 3 aliphatic carbocycles. The summed E-state index contributed by atoms with van der Waals surface area (Å²) in [6.07, 6.45) is 7.76. The fourth-order valence-corrected chi connectivity index (χ4v) is 6.26. The normalized spacial score (nSPS) is 20.7. The predicted molar refractivity (Wildman–Crippen MR) is 127 cm³/mol. The monoisotopic (exact) mass is 399 g/mol. The molecule has 0 amide bonds. The minimum absolute atomic E-state index is 0.572. The molecule has 1 saturated carbocycles. The second kappa shape index (κ2) is 7.52. The summed E-state index contributed by atoms with van der Waals surface area (Å²) < 4.78 is 11.2. The average Bonchev–Trinajstić information content (AvgIpc) is 2.80. The van der Waals surface area contributed by atoms with Crippen LogP contribution in [0.5, 0.6) is 0 Å². The Balaban J connectivity index is 1.77. The van der Waals surface area contributed by atoms with Crippen LogP contribution in [0, 0.1) is 13.8 Å². The smallest absolute Gasteiger partial charge is 0.198 e. The highest BCUT2D eigenvalue weighted by atomic mass is 14.9. The van der Waals surface area contributed by atoms with Crippen LogP contribution >= 0.6 is 0 Å². The Kier molecular flexibility index (Phi) is 4.66. The van der Waals surface area contributed by atoms with Gasteiger partial charge < -0.3 is 0 Å². The van der Waals surface area contributed by atoms with Gasteiger partial charge >= 0.3 is 0 Å². The third-order valence-corrected chi connectivity index (χ3v) is 8.20. The molecule has 0 radical (unpaired) electrons. The van der Waals surface area contributed by atoms with Crippen molar-refractivity contribution in [1.29, 1.82) is 0 Å². The summed E-state index contributed by atoms with van der Waals surface area (Å²) in [6.45, 7) is 8.93. The van der Waals surface area contributed by atoms with Crippen molar-refractivity contribution in [1.82, 2.24) is 0 Å². The highest BCUT2D eigenvalue weighted by Crippen LogP contribution is 2.50. The zero-order valence-corrected chi connectivity index (χ0v) is 19.3. The molecule has 0 atom stereocenters. The van der Waals surface area contributed by atoms with Gasteiger partial charge in [-0.2, -0.15) is 4.57 Å². The lowest BCUT2D eigenvalue weighted by molar-refractivity contribution is -0.665. The van der Waals surface area contributed by atoms with E-state index in [2.05, 4.69) is 69.6 Å². The number of hydrogen-bond donors (Lipinski definition) is 0. The number of pyridine rings is 1. The van der Waals surface area contributed by atoms with Crippen LogP contribution in [0.3, 0.4) is 0 Å². The fourth-order valence-electron chi connectivity index (χ4n) is 6.26. The Morgan fingerprint density at radius 2 is 1.60 bits per heavy atom. The molecule has 3 aromatic rings. The van der Waals surface area contributed by atoms with Crippen molar-refractivity contribution in [2.45, 2.75) is 84.0 Å². The Labute approximate surface area is 183 Å². The van der Waals surface area contributed by atoms with Gasteiger partial charge in [0, 0.05) is 13.0 Å². The molecule has 30 heavy (non-hydrogen) atoms. The molecule has 156 valence electrons. The largest absolute Gasteiger partial charge is 0.220 e. The third-order valence-electron chi connectivity index (χ3n) is 8.20. The van der Waals surface area contributed by atoms with Crippen LogP contribution in [0.2, 0.25) is 0 Å². The zero-order chi connectivity index (χ0) is 21.9. The molecule has 2 bridgehead atoms. The van der Waals surface area contributed by atoms with Crippen molar-refractivity contribution in [3.05, 3.63) is 64.3 Å². The van der Waals surface area contributed by atoms with Gasteiger partial charge in [-0.1, -0.05) is 32.0 Å². The van der Waals surface area contributed by atoms with Crippen LogP contribution in [-0.2, 0) is 7.05 Å². The summed E-state index contributed by atoms with van der Waals surface area (Å²) in [6, 6.07) is 12.6. The zero-order valence-electron chi connectivity index (χ0n) is 20.3. The lowest BCUT2D eigenvalue weighted by Gasteiger charge is -2.38. The van der Waals surface area contributed by atoms with Gasteiger partial charge in [0.1, 0.15) is 7.05 Å². The molecular weight excluding hydrogens is 362 g/mol. The summed E-state index contributed by atoms with van der Waals surface area (Å²) >= 11 is 0. The maximum absolute atomic E-state index is 8.89. The van der Waals surface area contributed by atoms with E-state index in [1.165, 1.54) is 53.5 Å². The van der Waals surface area contributed by atoms with Crippen LogP contribution < -0.4 is 4.57 Å². The van der Waals surface area contributed by atoms with E-state index in [9.17, 15) is 0 Å². The van der Waals surface area contributed by atoms with Crippen LogP contribution in [0.4, 0.5) is 0 Å². The highest BCUT2D eigenvalue weighted by molar-refractivity contribution is 5.94. The number of aryl methyl sites for hydroxylation is 1. The molecule has 2 aromatic carbocycles. The SMILES string of the molecule is [2H]c1c(C)[n+](C)c(-c2cc3c(cc2C)C2CCC3CC2)c2ccc(C(CC)CC)cc12. The average molecular weight is 400 g/mol. The van der Waals surface area contributed by atoms with Gasteiger partial charge in [-0.05, 0) is 103 Å². The fraction of sp³-hybridized carbons (Fsp3) is 0.483. The number of benzene rings is 2. The molecule has 0 saturated heterocycles. The Hall–Kier alpha value is -2.15. The van der Waals surface area contributed by atoms with Crippen molar-refractivity contribution in [3.8, 4) is 11.3 Å². The van der Waals surface area contributed by atoms with Gasteiger partial charge in [0.05, 0.1) is 12.3 Å². The van der Waals surface area contributed by atoms with Crippen molar-refractivity contribution < 1.29 is 5.94 Å². The maximum atomic E-state index is 8.89. The van der Waals surface area contributed by atoms with Crippen LogP contribution in [0.25, 0.3) is 22.0 Å². The Morgan fingerprint density at radius 1 is 0.967 bits per heavy atom. The number of nitrogens with zero attached hydrogens (tertiary/aromatic N) is 1. The molecule has 0 spiro atoms. The van der Waals surface area contributed by atoms with Gasteiger partial charge in [-0.25, -0.2) is 0 Å². The first kappa shape index (κ1) is 18.6. The molecule has 3 aliphatic rings. The van der Waals surface area contributed by atoms with Crippen LogP contribution in [0.1, 0.15) is 99.4 Å². The van der Waals surface area contributed by atoms with Crippen molar-refractivity contribution in [2.75, 3.05) is 0 Å². The van der Waals surface area contributed by atoms with Crippen LogP contribution in [-0.4, -0.2) is 0 Å². The van der Waals surface area contributed by atoms with E-state index in [0.29, 0.717) is 12.0 Å². The van der Waals surface area contributed by atoms with Crippen LogP contribution in [0.15, 0.2) is 36.4 Å². The second-order valence-corrected chi connectivity index (χ2v) is 9.78. The molecule has 0 N–H and O–H groups in total. The van der Waals surface area contributed by atoms with E-state index in [1.807, 2.05) is 0 Å². The number of hydrogen-bond acceptors (Lipinski definition) is 0. The van der Waals surface area contributed by atoms with Gasteiger partial charge in [0.15, 0.2) is 5.69 Å². The van der Waals surface area contributed by atoms with Crippen molar-refractivity contribution in [2.24, 2.45) is 7.05 Å². The first-order valence-corrected chi connectivity index (χ1v) is 12.0. The lowest BCUT2D eigenvalue weighted by atomic mass is 9.66. The number of aromatic nitrogens is 1. The topological polar surface area (TPSA) is 3.88 Å². The number of rotatable bonds is 4. The van der Waals surface area contributed by atoms with E-state index in [0.717, 1.165) is 35.8 Å². The van der Waals surface area contributed by atoms with E-state index >= 15 is 0 Å². The molecule has 0 aliphatic heterocycles. The third kappa shape index (κ3) is 3.01. The lowest BCUT2D eigenvalue weighted by Crippen LogP contribution is -2.35. The van der Waals surface area contributed by atoms with Gasteiger partial charge in [-0.3, -0.25) is 0 Å². The quantitative estimate of drug-likeness (QED) is 0.398. The van der Waals surface area contributed by atoms with Crippen molar-refractivity contribution in [3.63, 3.8) is 0 Å². The summed E-state index contributed by atoms with van der Waals surface area (Å²) in [5.41, 5.74) is 9.67. The molecule has 6 rings (SSSR count). The highest BCUT2D eigenvalue weighted by Gasteiger charge is 2.34. The Morgan fingerprint density at radius 3 is 2.23 bits per heavy atom. The van der Waals surface area contributed by atoms with Gasteiger partial charge in [-0.15, -0.1) is 0 Å². The second-order valence-electron chi connectivity index (χ2n) is 9.78. The minimum Gasteiger partial charge on any atom is -0.198 e. The molecular formula is C29H36N+. The molecule has 1 fully saturated rings. The summed E-state index contributed by atoms with van der Waals surface area (Å²) in [5, 5.41) is 2.32. The Bertz CT molecular complexity index is 1160. The van der Waals surface area contributed by atoms with E-state index in [1.54, 1.807) is 11.1 Å². The predicted octanol–water partition coefficient (Wildman–Crippen LogP) is 7.61. The summed E-state index contributed by atoms with van der Waals surface area (Å²) in [7, 11) is 2.14. The molecule has 1 nitrogen and oxygen atoms in total. The van der Waals surface area contributed by atoms with E-state index in [-0.39, 0.29) is 0 Å². The number of fused-ring (bicyclic) bond motifs is 3. The van der Waals surface area contributed by atoms with Gasteiger partial charge in [0.2, 0.25) is 5.69 Å². The first-order valence-electron chi connectivity index (χ1n) is 12.5. The maximum Gasteiger partial charge on any atom is 0.220 e. The molecule has 1 heteroatoms. The van der Waals surface area contributed by atoms with Gasteiger partial charge in [0.25, 0.3) is 0 Å². The summed E-state index contributed by atoms with van der Waals surface area (Å²) in [4.78, 5) is 0. The molecule has 1 heterocycles. The standard InChI is InChI=1S/C29H36N/c1-6-20(7-2)23-12-13-25-24(16-23)15-19(4)30(5)29(25)26-17-28-22-10-8-21(9-11-22)27(28)14-18(26)3/h12-17,20-22H,6-11H2,1-5H3/q+1/i15D. The first-order chi connectivity index (χ1) is 14.9. The van der Waals surface area contributed by atoms with Crippen molar-refractivity contribution >= 4 is 10.8 Å². The van der Waals surface area contributed by atoms with E-state index < -0.39 is 0 Å². The summed E-state index contributed by atoms with van der Waals surface area (Å²) in [5.74, 6) is 2.09. The molecule has 1 aromatic heterocycles. The molecule has 0 unspecified atom stereocenters. The van der Waals surface area contributed by atoms with E-state index in [4.69, 9.17) is 1.37 Å². The minimum atomic E-state index is 0.572.